The van der Waals surface area contributed by atoms with Crippen molar-refractivity contribution in [1.29, 1.82) is 0 Å². The van der Waals surface area contributed by atoms with E-state index in [4.69, 9.17) is 15.6 Å². The van der Waals surface area contributed by atoms with Gasteiger partial charge in [-0.3, -0.25) is 9.59 Å². The van der Waals surface area contributed by atoms with E-state index in [1.807, 2.05) is 56.3 Å². The molecule has 7 nitrogen and oxygen atoms in total. The van der Waals surface area contributed by atoms with Crippen LogP contribution in [0.2, 0.25) is 0 Å². The van der Waals surface area contributed by atoms with E-state index in [1.54, 1.807) is 28.6 Å². The third-order valence-corrected chi connectivity index (χ3v) is 6.29. The van der Waals surface area contributed by atoms with Crippen molar-refractivity contribution in [2.45, 2.75) is 24.3 Å². The molecule has 0 bridgehead atoms. The second-order valence-electron chi connectivity index (χ2n) is 7.07. The second-order valence-corrected chi connectivity index (χ2v) is 8.52. The molecule has 0 fully saturated rings. The van der Waals surface area contributed by atoms with Crippen molar-refractivity contribution in [3.63, 3.8) is 0 Å². The van der Waals surface area contributed by atoms with Crippen molar-refractivity contribution in [2.75, 3.05) is 11.9 Å². The zero-order chi connectivity index (χ0) is 21.3. The zero-order valence-corrected chi connectivity index (χ0v) is 17.5. The zero-order valence-electron chi connectivity index (χ0n) is 16.7. The van der Waals surface area contributed by atoms with Crippen LogP contribution in [0.5, 0.6) is 5.75 Å². The Hall–Kier alpha value is -3.26. The highest BCUT2D eigenvalue weighted by molar-refractivity contribution is 8.01. The Balaban J connectivity index is 1.76. The Morgan fingerprint density at radius 3 is 2.57 bits per heavy atom. The number of carbonyl (C=O) groups is 2. The van der Waals surface area contributed by atoms with E-state index in [2.05, 4.69) is 5.32 Å². The lowest BCUT2D eigenvalue weighted by atomic mass is 10.0. The normalized spacial score (nSPS) is 18.3. The lowest BCUT2D eigenvalue weighted by Crippen LogP contribution is -2.22. The summed E-state index contributed by atoms with van der Waals surface area (Å²) in [4.78, 5) is 23.6. The maximum Gasteiger partial charge on any atom is 0.255 e. The van der Waals surface area contributed by atoms with Crippen molar-refractivity contribution in [3.05, 3.63) is 71.4 Å². The molecular formula is C22H22N4O3S. The quantitative estimate of drug-likeness (QED) is 0.658. The third-order valence-electron chi connectivity index (χ3n) is 4.88. The van der Waals surface area contributed by atoms with Crippen molar-refractivity contribution in [3.8, 4) is 11.4 Å². The Morgan fingerprint density at radius 1 is 1.20 bits per heavy atom. The number of aryl methyl sites for hydroxylation is 1. The van der Waals surface area contributed by atoms with Crippen molar-refractivity contribution >= 4 is 29.4 Å². The molecule has 2 heterocycles. The summed E-state index contributed by atoms with van der Waals surface area (Å²) in [6.45, 7) is 3.69. The molecule has 1 aromatic heterocycles. The number of nitrogens with zero attached hydrogens (tertiary/aromatic N) is 2. The van der Waals surface area contributed by atoms with Crippen LogP contribution in [0.3, 0.4) is 0 Å². The van der Waals surface area contributed by atoms with Crippen LogP contribution in [0.4, 0.5) is 5.82 Å². The van der Waals surface area contributed by atoms with E-state index >= 15 is 0 Å². The van der Waals surface area contributed by atoms with Gasteiger partial charge in [0.25, 0.3) is 5.91 Å². The van der Waals surface area contributed by atoms with Gasteiger partial charge in [-0.05, 0) is 43.7 Å². The minimum atomic E-state index is -0.523. The van der Waals surface area contributed by atoms with Crippen LogP contribution in [0.25, 0.3) is 5.69 Å². The first kappa shape index (κ1) is 20.0. The molecule has 3 N–H and O–H groups in total. The first-order chi connectivity index (χ1) is 14.4. The van der Waals surface area contributed by atoms with E-state index in [9.17, 15) is 9.59 Å². The molecule has 0 saturated heterocycles. The molecule has 8 heteroatoms. The third kappa shape index (κ3) is 3.91. The standard InChI is InChI=1S/C22H22N4O3S/c1-13-19-20(15-8-10-17(11-9-15)29-12-18(23)27)30-14(2)22(28)24-21(19)26(25-13)16-6-4-3-5-7-16/h3-11,14,20H,12H2,1-2H3,(H2,23,27)(H,24,28)/t14-,20+/m0/s1. The van der Waals surface area contributed by atoms with Crippen molar-refractivity contribution in [2.24, 2.45) is 5.73 Å². The molecule has 154 valence electrons. The summed E-state index contributed by atoms with van der Waals surface area (Å²) < 4.78 is 7.15. The van der Waals surface area contributed by atoms with Gasteiger partial charge in [0, 0.05) is 5.56 Å². The number of anilines is 1. The number of para-hydroxylation sites is 1. The van der Waals surface area contributed by atoms with E-state index in [1.165, 1.54) is 0 Å². The van der Waals surface area contributed by atoms with Gasteiger partial charge in [0.05, 0.1) is 21.9 Å². The van der Waals surface area contributed by atoms with Gasteiger partial charge in [0.2, 0.25) is 5.91 Å². The fraction of sp³-hybridized carbons (Fsp3) is 0.227. The fourth-order valence-corrected chi connectivity index (χ4v) is 4.74. The van der Waals surface area contributed by atoms with Crippen molar-refractivity contribution < 1.29 is 14.3 Å². The molecule has 2 amide bonds. The number of ether oxygens (including phenoxy) is 1. The second kappa shape index (κ2) is 8.23. The largest absolute Gasteiger partial charge is 0.484 e. The van der Waals surface area contributed by atoms with Gasteiger partial charge in [-0.2, -0.15) is 5.10 Å². The molecule has 4 rings (SSSR count). The molecule has 3 aromatic rings. The van der Waals surface area contributed by atoms with Crippen LogP contribution < -0.4 is 15.8 Å². The molecule has 0 saturated carbocycles. The molecule has 30 heavy (non-hydrogen) atoms. The summed E-state index contributed by atoms with van der Waals surface area (Å²) in [6, 6.07) is 17.2. The Kier molecular flexibility index (Phi) is 5.50. The number of hydrogen-bond donors (Lipinski definition) is 2. The molecule has 0 radical (unpaired) electrons. The van der Waals surface area contributed by atoms with Gasteiger partial charge < -0.3 is 15.8 Å². The number of carbonyl (C=O) groups excluding carboxylic acids is 2. The van der Waals surface area contributed by atoms with E-state index in [0.717, 1.165) is 22.5 Å². The van der Waals surface area contributed by atoms with Crippen LogP contribution in [0.1, 0.15) is 29.0 Å². The predicted molar refractivity (Wildman–Crippen MR) is 117 cm³/mol. The number of primary amides is 1. The smallest absolute Gasteiger partial charge is 0.255 e. The lowest BCUT2D eigenvalue weighted by Gasteiger charge is -2.18. The van der Waals surface area contributed by atoms with Gasteiger partial charge in [-0.1, -0.05) is 30.3 Å². The molecule has 2 aromatic carbocycles. The molecule has 0 unspecified atom stereocenters. The van der Waals surface area contributed by atoms with Gasteiger partial charge in [-0.15, -0.1) is 11.8 Å². The van der Waals surface area contributed by atoms with E-state index in [-0.39, 0.29) is 23.0 Å². The van der Waals surface area contributed by atoms with Crippen LogP contribution in [-0.2, 0) is 9.59 Å². The topological polar surface area (TPSA) is 99.2 Å². The van der Waals surface area contributed by atoms with Crippen molar-refractivity contribution in [1.82, 2.24) is 9.78 Å². The molecule has 1 aliphatic rings. The van der Waals surface area contributed by atoms with Gasteiger partial charge in [0.15, 0.2) is 6.61 Å². The number of rotatable bonds is 5. The summed E-state index contributed by atoms with van der Waals surface area (Å²) in [5, 5.41) is 7.46. The maximum absolute atomic E-state index is 12.7. The number of hydrogen-bond acceptors (Lipinski definition) is 5. The highest BCUT2D eigenvalue weighted by Crippen LogP contribution is 2.46. The number of fused-ring (bicyclic) bond motifs is 1. The monoisotopic (exact) mass is 422 g/mol. The minimum absolute atomic E-state index is 0.0535. The summed E-state index contributed by atoms with van der Waals surface area (Å²) >= 11 is 1.58. The average molecular weight is 423 g/mol. The number of amides is 2. The number of aromatic nitrogens is 2. The highest BCUT2D eigenvalue weighted by atomic mass is 32.2. The van der Waals surface area contributed by atoms with Crippen LogP contribution >= 0.6 is 11.8 Å². The lowest BCUT2D eigenvalue weighted by molar-refractivity contribution is -0.120. The first-order valence-electron chi connectivity index (χ1n) is 9.56. The summed E-state index contributed by atoms with van der Waals surface area (Å²) in [5.41, 5.74) is 8.88. The first-order valence-corrected chi connectivity index (χ1v) is 10.5. The molecule has 2 atom stereocenters. The fourth-order valence-electron chi connectivity index (χ4n) is 3.42. The summed E-state index contributed by atoms with van der Waals surface area (Å²) in [6.07, 6.45) is 0. The number of nitrogens with one attached hydrogen (secondary N) is 1. The Bertz CT molecular complexity index is 1080. The number of thioether (sulfide) groups is 1. The van der Waals surface area contributed by atoms with Crippen LogP contribution in [0, 0.1) is 6.92 Å². The summed E-state index contributed by atoms with van der Waals surface area (Å²) in [7, 11) is 0. The van der Waals surface area contributed by atoms with E-state index < -0.39 is 5.91 Å². The maximum atomic E-state index is 12.7. The predicted octanol–water partition coefficient (Wildman–Crippen LogP) is 3.21. The SMILES string of the molecule is Cc1nn(-c2ccccc2)c2c1[C@@H](c1ccc(OCC(N)=O)cc1)S[C@@H](C)C(=O)N2. The minimum Gasteiger partial charge on any atom is -0.484 e. The highest BCUT2D eigenvalue weighted by Gasteiger charge is 2.34. The van der Waals surface area contributed by atoms with Crippen LogP contribution in [-0.4, -0.2) is 33.5 Å². The van der Waals surface area contributed by atoms with E-state index in [0.29, 0.717) is 11.6 Å². The van der Waals surface area contributed by atoms with Gasteiger partial charge >= 0.3 is 0 Å². The Labute approximate surface area is 178 Å². The molecule has 0 spiro atoms. The van der Waals surface area contributed by atoms with Gasteiger partial charge in [-0.25, -0.2) is 4.68 Å². The Morgan fingerprint density at radius 2 is 1.90 bits per heavy atom. The number of benzene rings is 2. The van der Waals surface area contributed by atoms with Crippen LogP contribution in [0.15, 0.2) is 54.6 Å². The summed E-state index contributed by atoms with van der Waals surface area (Å²) in [5.74, 6) is 0.683. The number of nitrogens with two attached hydrogens (primary N) is 1. The van der Waals surface area contributed by atoms with Gasteiger partial charge in [0.1, 0.15) is 11.6 Å². The average Bonchev–Trinajstić information content (AvgIpc) is 2.99. The molecule has 1 aliphatic heterocycles. The molecular weight excluding hydrogens is 400 g/mol. The molecule has 0 aliphatic carbocycles.